The summed E-state index contributed by atoms with van der Waals surface area (Å²) >= 11 is 0. The van der Waals surface area contributed by atoms with E-state index < -0.39 is 0 Å². The average molecular weight is 275 g/mol. The third-order valence-corrected chi connectivity index (χ3v) is 4.62. The van der Waals surface area contributed by atoms with Crippen LogP contribution in [-0.4, -0.2) is 20.2 Å². The van der Waals surface area contributed by atoms with Gasteiger partial charge in [0.2, 0.25) is 0 Å². The topological polar surface area (TPSA) is 21.3 Å². The molecular formula is C18H29NO. The molecule has 1 saturated carbocycles. The highest BCUT2D eigenvalue weighted by Crippen LogP contribution is 2.46. The summed E-state index contributed by atoms with van der Waals surface area (Å²) in [7, 11) is 2.06. The maximum atomic E-state index is 5.55. The second kappa shape index (κ2) is 6.62. The van der Waals surface area contributed by atoms with Crippen LogP contribution in [0, 0.1) is 11.3 Å². The molecule has 0 heterocycles. The van der Waals surface area contributed by atoms with E-state index in [1.807, 2.05) is 6.92 Å². The van der Waals surface area contributed by atoms with E-state index in [9.17, 15) is 0 Å². The lowest BCUT2D eigenvalue weighted by Crippen LogP contribution is -2.33. The van der Waals surface area contributed by atoms with E-state index in [0.29, 0.717) is 11.3 Å². The molecule has 0 amide bonds. The van der Waals surface area contributed by atoms with E-state index in [2.05, 4.69) is 50.5 Å². The van der Waals surface area contributed by atoms with Crippen molar-refractivity contribution >= 4 is 0 Å². The summed E-state index contributed by atoms with van der Waals surface area (Å²) < 4.78 is 5.55. The van der Waals surface area contributed by atoms with Gasteiger partial charge in [-0.25, -0.2) is 0 Å². The number of hydrogen-bond donors (Lipinski definition) is 1. The molecule has 0 radical (unpaired) electrons. The summed E-state index contributed by atoms with van der Waals surface area (Å²) in [6.45, 7) is 8.70. The molecule has 2 rings (SSSR count). The molecule has 112 valence electrons. The summed E-state index contributed by atoms with van der Waals surface area (Å²) in [5.41, 5.74) is 1.94. The van der Waals surface area contributed by atoms with Crippen LogP contribution in [0.4, 0.5) is 0 Å². The maximum Gasteiger partial charge on any atom is 0.119 e. The van der Waals surface area contributed by atoms with Gasteiger partial charge in [0.1, 0.15) is 5.75 Å². The summed E-state index contributed by atoms with van der Waals surface area (Å²) in [5.74, 6) is 2.41. The highest BCUT2D eigenvalue weighted by molar-refractivity contribution is 5.30. The largest absolute Gasteiger partial charge is 0.494 e. The molecule has 1 aromatic carbocycles. The first-order chi connectivity index (χ1) is 9.55. The van der Waals surface area contributed by atoms with E-state index >= 15 is 0 Å². The third kappa shape index (κ3) is 3.76. The van der Waals surface area contributed by atoms with E-state index in [4.69, 9.17) is 4.74 Å². The van der Waals surface area contributed by atoms with Gasteiger partial charge in [0.15, 0.2) is 0 Å². The fourth-order valence-corrected chi connectivity index (χ4v) is 3.52. The normalized spacial score (nSPS) is 25.4. The molecule has 2 atom stereocenters. The van der Waals surface area contributed by atoms with Crippen molar-refractivity contribution < 1.29 is 4.74 Å². The highest BCUT2D eigenvalue weighted by atomic mass is 16.5. The van der Waals surface area contributed by atoms with Crippen molar-refractivity contribution in [3.8, 4) is 5.75 Å². The van der Waals surface area contributed by atoms with Crippen LogP contribution in [0.3, 0.4) is 0 Å². The summed E-state index contributed by atoms with van der Waals surface area (Å²) in [4.78, 5) is 0. The van der Waals surface area contributed by atoms with Gasteiger partial charge in [-0.1, -0.05) is 26.0 Å². The van der Waals surface area contributed by atoms with Gasteiger partial charge >= 0.3 is 0 Å². The van der Waals surface area contributed by atoms with Crippen molar-refractivity contribution in [1.29, 1.82) is 0 Å². The Morgan fingerprint density at radius 3 is 2.55 bits per heavy atom. The SMILES string of the molecule is CCOc1ccc(C2CC(C)(C)CCC2CNC)cc1. The number of benzene rings is 1. The zero-order valence-electron chi connectivity index (χ0n) is 13.4. The molecule has 0 spiro atoms. The van der Waals surface area contributed by atoms with Gasteiger partial charge in [-0.05, 0) is 74.7 Å². The molecule has 2 heteroatoms. The van der Waals surface area contributed by atoms with E-state index in [1.165, 1.54) is 24.8 Å². The van der Waals surface area contributed by atoms with Crippen molar-refractivity contribution in [3.05, 3.63) is 29.8 Å². The highest BCUT2D eigenvalue weighted by Gasteiger charge is 2.35. The molecule has 0 aromatic heterocycles. The van der Waals surface area contributed by atoms with Gasteiger partial charge in [0.25, 0.3) is 0 Å². The molecule has 2 unspecified atom stereocenters. The number of ether oxygens (including phenoxy) is 1. The zero-order chi connectivity index (χ0) is 14.6. The zero-order valence-corrected chi connectivity index (χ0v) is 13.4. The summed E-state index contributed by atoms with van der Waals surface area (Å²) in [6, 6.07) is 8.77. The van der Waals surface area contributed by atoms with Crippen LogP contribution in [0.25, 0.3) is 0 Å². The lowest BCUT2D eigenvalue weighted by molar-refractivity contribution is 0.161. The monoisotopic (exact) mass is 275 g/mol. The first-order valence-corrected chi connectivity index (χ1v) is 7.93. The van der Waals surface area contributed by atoms with E-state index in [-0.39, 0.29) is 0 Å². The van der Waals surface area contributed by atoms with Gasteiger partial charge in [0, 0.05) is 0 Å². The fourth-order valence-electron chi connectivity index (χ4n) is 3.52. The van der Waals surface area contributed by atoms with E-state index in [0.717, 1.165) is 24.8 Å². The maximum absolute atomic E-state index is 5.55. The van der Waals surface area contributed by atoms with Crippen molar-refractivity contribution in [2.45, 2.75) is 46.0 Å². The Labute approximate surface area is 123 Å². The van der Waals surface area contributed by atoms with Crippen LogP contribution in [0.5, 0.6) is 5.75 Å². The molecule has 1 fully saturated rings. The molecule has 0 aliphatic heterocycles. The molecule has 0 saturated heterocycles. The molecule has 1 aromatic rings. The Kier molecular flexibility index (Phi) is 5.09. The Morgan fingerprint density at radius 1 is 1.25 bits per heavy atom. The third-order valence-electron chi connectivity index (χ3n) is 4.62. The number of hydrogen-bond acceptors (Lipinski definition) is 2. The van der Waals surface area contributed by atoms with Gasteiger partial charge in [-0.15, -0.1) is 0 Å². The van der Waals surface area contributed by atoms with Crippen LogP contribution in [0.15, 0.2) is 24.3 Å². The minimum Gasteiger partial charge on any atom is -0.494 e. The van der Waals surface area contributed by atoms with Crippen molar-refractivity contribution in [2.75, 3.05) is 20.2 Å². The van der Waals surface area contributed by atoms with Gasteiger partial charge in [0.05, 0.1) is 6.61 Å². The van der Waals surface area contributed by atoms with Crippen molar-refractivity contribution in [2.24, 2.45) is 11.3 Å². The standard InChI is InChI=1S/C18H29NO/c1-5-20-16-8-6-14(7-9-16)17-12-18(2,3)11-10-15(17)13-19-4/h6-9,15,17,19H,5,10-13H2,1-4H3. The second-order valence-electron chi connectivity index (χ2n) is 6.83. The predicted molar refractivity (Wildman–Crippen MR) is 85.4 cm³/mol. The van der Waals surface area contributed by atoms with Crippen LogP contribution in [-0.2, 0) is 0 Å². The number of nitrogens with one attached hydrogen (secondary N) is 1. The Hall–Kier alpha value is -1.02. The minimum absolute atomic E-state index is 0.466. The second-order valence-corrected chi connectivity index (χ2v) is 6.83. The smallest absolute Gasteiger partial charge is 0.119 e. The Bertz CT molecular complexity index is 410. The molecule has 0 bridgehead atoms. The van der Waals surface area contributed by atoms with Crippen molar-refractivity contribution in [1.82, 2.24) is 5.32 Å². The van der Waals surface area contributed by atoms with E-state index in [1.54, 1.807) is 0 Å². The lowest BCUT2D eigenvalue weighted by atomic mass is 9.65. The lowest BCUT2D eigenvalue weighted by Gasteiger charge is -2.41. The summed E-state index contributed by atoms with van der Waals surface area (Å²) in [6.07, 6.45) is 3.95. The van der Waals surface area contributed by atoms with Crippen LogP contribution >= 0.6 is 0 Å². The summed E-state index contributed by atoms with van der Waals surface area (Å²) in [5, 5.41) is 3.37. The van der Waals surface area contributed by atoms with Crippen LogP contribution < -0.4 is 10.1 Å². The predicted octanol–water partition coefficient (Wildman–Crippen LogP) is 4.21. The Morgan fingerprint density at radius 2 is 1.95 bits per heavy atom. The average Bonchev–Trinajstić information content (AvgIpc) is 2.42. The van der Waals surface area contributed by atoms with Gasteiger partial charge < -0.3 is 10.1 Å². The fraction of sp³-hybridized carbons (Fsp3) is 0.667. The van der Waals surface area contributed by atoms with Crippen molar-refractivity contribution in [3.63, 3.8) is 0 Å². The minimum atomic E-state index is 0.466. The van der Waals surface area contributed by atoms with Gasteiger partial charge in [-0.2, -0.15) is 0 Å². The molecule has 2 nitrogen and oxygen atoms in total. The first-order valence-electron chi connectivity index (χ1n) is 7.93. The Balaban J connectivity index is 2.16. The van der Waals surface area contributed by atoms with Crippen LogP contribution in [0.1, 0.15) is 51.5 Å². The quantitative estimate of drug-likeness (QED) is 0.869. The molecule has 20 heavy (non-hydrogen) atoms. The molecule has 1 N–H and O–H groups in total. The first kappa shape index (κ1) is 15.4. The van der Waals surface area contributed by atoms with Gasteiger partial charge in [-0.3, -0.25) is 0 Å². The molecule has 1 aliphatic carbocycles. The molecular weight excluding hydrogens is 246 g/mol. The number of rotatable bonds is 5. The van der Waals surface area contributed by atoms with Crippen LogP contribution in [0.2, 0.25) is 0 Å². The molecule has 1 aliphatic rings.